The lowest BCUT2D eigenvalue weighted by Gasteiger charge is -2.28. The molecule has 0 unspecified atom stereocenters. The first-order valence-corrected chi connectivity index (χ1v) is 12.8. The van der Waals surface area contributed by atoms with E-state index in [9.17, 15) is 0 Å². The molecule has 0 aliphatic carbocycles. The zero-order valence-electron chi connectivity index (χ0n) is 19.1. The molecule has 1 saturated heterocycles. The lowest BCUT2D eigenvalue weighted by atomic mass is 10.1. The minimum Gasteiger partial charge on any atom is -0.378 e. The van der Waals surface area contributed by atoms with Crippen LogP contribution in [0.1, 0.15) is 12.5 Å². The van der Waals surface area contributed by atoms with E-state index in [1.165, 1.54) is 17.0 Å². The number of morpholine rings is 1. The van der Waals surface area contributed by atoms with Gasteiger partial charge in [-0.05, 0) is 48.9 Å². The maximum Gasteiger partial charge on any atom is 0.211 e. The molecule has 0 atom stereocenters. The first-order valence-electron chi connectivity index (χ1n) is 11.2. The molecule has 2 aromatic heterocycles. The third kappa shape index (κ3) is 5.49. The van der Waals surface area contributed by atoms with Crippen LogP contribution in [0.25, 0.3) is 11.3 Å². The number of thiazole rings is 1. The topological polar surface area (TPSA) is 55.0 Å². The van der Waals surface area contributed by atoms with Crippen LogP contribution in [-0.2, 0) is 4.74 Å². The van der Waals surface area contributed by atoms with E-state index in [2.05, 4.69) is 34.1 Å². The van der Waals surface area contributed by atoms with Gasteiger partial charge in [0.15, 0.2) is 0 Å². The molecule has 178 valence electrons. The Labute approximate surface area is 217 Å². The average Bonchev–Trinajstić information content (AvgIpc) is 3.28. The molecule has 1 aliphatic heterocycles. The first kappa shape index (κ1) is 23.8. The number of hydrogen-bond acceptors (Lipinski definition) is 6. The van der Waals surface area contributed by atoms with Crippen LogP contribution in [-0.4, -0.2) is 41.7 Å². The highest BCUT2D eigenvalue weighted by Crippen LogP contribution is 2.29. The van der Waals surface area contributed by atoms with Crippen molar-refractivity contribution in [1.82, 2.24) is 9.66 Å². The largest absolute Gasteiger partial charge is 0.378 e. The lowest BCUT2D eigenvalue weighted by molar-refractivity contribution is 0.122. The van der Waals surface area contributed by atoms with Crippen LogP contribution in [0.15, 0.2) is 82.5 Å². The van der Waals surface area contributed by atoms with E-state index in [4.69, 9.17) is 38.0 Å². The zero-order chi connectivity index (χ0) is 24.2. The Balaban J connectivity index is 1.55. The second kappa shape index (κ2) is 10.7. The van der Waals surface area contributed by atoms with Crippen LogP contribution in [0.3, 0.4) is 0 Å². The van der Waals surface area contributed by atoms with E-state index in [1.54, 1.807) is 18.5 Å². The minimum atomic E-state index is 0.493. The summed E-state index contributed by atoms with van der Waals surface area (Å²) in [6.07, 6.45) is 3.45. The summed E-state index contributed by atoms with van der Waals surface area (Å²) in [7, 11) is 0. The summed E-state index contributed by atoms with van der Waals surface area (Å²) < 4.78 is 7.32. The highest BCUT2D eigenvalue weighted by atomic mass is 35.5. The molecule has 1 fully saturated rings. The third-order valence-electron chi connectivity index (χ3n) is 5.68. The molecule has 4 aromatic rings. The highest BCUT2D eigenvalue weighted by molar-refractivity contribution is 7.07. The summed E-state index contributed by atoms with van der Waals surface area (Å²) >= 11 is 14.0. The molecule has 2 aromatic carbocycles. The van der Waals surface area contributed by atoms with Crippen LogP contribution in [0, 0.1) is 0 Å². The van der Waals surface area contributed by atoms with Crippen molar-refractivity contribution in [3.63, 3.8) is 0 Å². The normalized spacial score (nSPS) is 15.0. The van der Waals surface area contributed by atoms with Gasteiger partial charge in [0, 0.05) is 35.9 Å². The molecule has 6 nitrogen and oxygen atoms in total. The summed E-state index contributed by atoms with van der Waals surface area (Å²) in [6.45, 7) is 5.34. The van der Waals surface area contributed by atoms with E-state index >= 15 is 0 Å². The maximum absolute atomic E-state index is 6.32. The van der Waals surface area contributed by atoms with E-state index in [0.717, 1.165) is 59.3 Å². The van der Waals surface area contributed by atoms with Crippen molar-refractivity contribution in [1.29, 1.82) is 0 Å². The number of benzene rings is 2. The third-order valence-corrected chi connectivity index (χ3v) is 7.24. The molecule has 0 spiro atoms. The zero-order valence-corrected chi connectivity index (χ0v) is 21.4. The Morgan fingerprint density at radius 2 is 1.83 bits per heavy atom. The smallest absolute Gasteiger partial charge is 0.211 e. The first-order chi connectivity index (χ1) is 17.1. The summed E-state index contributed by atoms with van der Waals surface area (Å²) in [5.41, 5.74) is 5.63. The number of pyridine rings is 1. The molecule has 1 aliphatic rings. The van der Waals surface area contributed by atoms with Crippen LogP contribution in [0.2, 0.25) is 10.0 Å². The summed E-state index contributed by atoms with van der Waals surface area (Å²) in [5, 5.41) is 8.00. The van der Waals surface area contributed by atoms with Crippen molar-refractivity contribution < 1.29 is 4.74 Å². The predicted octanol–water partition coefficient (Wildman–Crippen LogP) is 6.26. The van der Waals surface area contributed by atoms with Crippen molar-refractivity contribution in [3.8, 4) is 11.3 Å². The van der Waals surface area contributed by atoms with Crippen molar-refractivity contribution in [2.75, 3.05) is 31.2 Å². The Morgan fingerprint density at radius 3 is 2.54 bits per heavy atom. The molecule has 9 heteroatoms. The van der Waals surface area contributed by atoms with Crippen LogP contribution < -0.4 is 9.70 Å². The second-order valence-electron chi connectivity index (χ2n) is 8.00. The van der Waals surface area contributed by atoms with Gasteiger partial charge in [-0.3, -0.25) is 4.98 Å². The van der Waals surface area contributed by atoms with E-state index < -0.39 is 0 Å². The molecule has 0 bridgehead atoms. The number of rotatable bonds is 5. The molecule has 5 rings (SSSR count). The second-order valence-corrected chi connectivity index (χ2v) is 9.65. The minimum absolute atomic E-state index is 0.493. The van der Waals surface area contributed by atoms with Gasteiger partial charge in [-0.25, -0.2) is 9.67 Å². The van der Waals surface area contributed by atoms with E-state index in [-0.39, 0.29) is 0 Å². The van der Waals surface area contributed by atoms with Gasteiger partial charge in [0.2, 0.25) is 4.80 Å². The average molecular weight is 524 g/mol. The number of halogens is 2. The molecule has 3 heterocycles. The van der Waals surface area contributed by atoms with Crippen molar-refractivity contribution in [2.24, 2.45) is 10.1 Å². The van der Waals surface area contributed by atoms with Crippen molar-refractivity contribution >= 4 is 51.6 Å². The van der Waals surface area contributed by atoms with Gasteiger partial charge in [-0.15, -0.1) is 11.3 Å². The van der Waals surface area contributed by atoms with Crippen LogP contribution in [0.4, 0.5) is 11.4 Å². The molecule has 35 heavy (non-hydrogen) atoms. The van der Waals surface area contributed by atoms with Gasteiger partial charge in [0.25, 0.3) is 0 Å². The number of nitrogens with zero attached hydrogens (tertiary/aromatic N) is 5. The number of anilines is 1. The fourth-order valence-corrected chi connectivity index (χ4v) is 4.95. The maximum atomic E-state index is 6.32. The molecule has 0 saturated carbocycles. The Kier molecular flexibility index (Phi) is 7.29. The summed E-state index contributed by atoms with van der Waals surface area (Å²) in [6, 6.07) is 17.8. The van der Waals surface area contributed by atoms with Gasteiger partial charge in [0.1, 0.15) is 0 Å². The van der Waals surface area contributed by atoms with Gasteiger partial charge in [0.05, 0.1) is 46.5 Å². The molecular weight excluding hydrogens is 501 g/mol. The number of aromatic nitrogens is 2. The van der Waals surface area contributed by atoms with Crippen molar-refractivity contribution in [2.45, 2.75) is 6.92 Å². The van der Waals surface area contributed by atoms with Gasteiger partial charge >= 0.3 is 0 Å². The molecule has 0 amide bonds. The summed E-state index contributed by atoms with van der Waals surface area (Å²) in [5.74, 6) is 0. The number of ether oxygens (including phenoxy) is 1. The van der Waals surface area contributed by atoms with Crippen LogP contribution >= 0.6 is 34.5 Å². The summed E-state index contributed by atoms with van der Waals surface area (Å²) in [4.78, 5) is 12.0. The van der Waals surface area contributed by atoms with Crippen LogP contribution in [0.5, 0.6) is 0 Å². The van der Waals surface area contributed by atoms with Crippen molar-refractivity contribution in [3.05, 3.63) is 92.8 Å². The van der Waals surface area contributed by atoms with E-state index in [1.807, 2.05) is 41.2 Å². The molecular formula is C26H23Cl2N5OS. The Bertz CT molecular complexity index is 1410. The Morgan fingerprint density at radius 1 is 1.03 bits per heavy atom. The van der Waals surface area contributed by atoms with Gasteiger partial charge in [-0.1, -0.05) is 41.4 Å². The molecule has 0 N–H and O–H groups in total. The SMILES string of the molecule is CC(=Nn1c(-c2ccc(Cl)c(Cl)c2)csc1=Nc1cccnc1)c1ccc(N2CCOCC2)cc1. The standard InChI is InChI=1S/C26H23Cl2N5OS/c1-18(19-4-7-22(8-5-19)32-11-13-34-14-12-32)31-33-25(20-6-9-23(27)24(28)15-20)17-35-26(33)30-21-3-2-10-29-16-21/h2-10,15-17H,11-14H2,1H3. The predicted molar refractivity (Wildman–Crippen MR) is 144 cm³/mol. The quantitative estimate of drug-likeness (QED) is 0.290. The van der Waals surface area contributed by atoms with Gasteiger partial charge < -0.3 is 9.64 Å². The highest BCUT2D eigenvalue weighted by Gasteiger charge is 2.13. The monoisotopic (exact) mass is 523 g/mol. The lowest BCUT2D eigenvalue weighted by Crippen LogP contribution is -2.36. The molecule has 0 radical (unpaired) electrons. The number of hydrogen-bond donors (Lipinski definition) is 0. The fraction of sp³-hybridized carbons (Fsp3) is 0.192. The fourth-order valence-electron chi connectivity index (χ4n) is 3.80. The van der Waals surface area contributed by atoms with E-state index in [0.29, 0.717) is 10.0 Å². The Hall–Kier alpha value is -2.97. The van der Waals surface area contributed by atoms with Gasteiger partial charge in [-0.2, -0.15) is 5.10 Å².